The molecular formula is C17H20N4O. The number of nitrogens with zero attached hydrogens (tertiary/aromatic N) is 2. The third-order valence-corrected chi connectivity index (χ3v) is 4.95. The summed E-state index contributed by atoms with van der Waals surface area (Å²) in [5, 5.41) is 10.1. The number of aromatic amines is 1. The van der Waals surface area contributed by atoms with Gasteiger partial charge >= 0.3 is 0 Å². The van der Waals surface area contributed by atoms with E-state index in [9.17, 15) is 4.79 Å². The van der Waals surface area contributed by atoms with E-state index in [1.54, 1.807) is 0 Å². The molecule has 0 bridgehead atoms. The summed E-state index contributed by atoms with van der Waals surface area (Å²) in [6, 6.07) is 8.38. The average molecular weight is 296 g/mol. The van der Waals surface area contributed by atoms with Crippen molar-refractivity contribution in [2.45, 2.75) is 19.4 Å². The normalized spacial score (nSPS) is 20.2. The second-order valence-electron chi connectivity index (χ2n) is 6.38. The summed E-state index contributed by atoms with van der Waals surface area (Å²) < 4.78 is 0. The van der Waals surface area contributed by atoms with E-state index < -0.39 is 0 Å². The van der Waals surface area contributed by atoms with Crippen molar-refractivity contribution < 1.29 is 4.79 Å². The van der Waals surface area contributed by atoms with Gasteiger partial charge in [-0.15, -0.1) is 0 Å². The quantitative estimate of drug-likeness (QED) is 0.849. The van der Waals surface area contributed by atoms with Crippen LogP contribution in [0.4, 0.5) is 0 Å². The smallest absolute Gasteiger partial charge is 0.231 e. The maximum atomic E-state index is 12.5. The number of nitrogens with one attached hydrogen (secondary N) is 2. The third kappa shape index (κ3) is 2.22. The maximum Gasteiger partial charge on any atom is 0.231 e. The fourth-order valence-electron chi connectivity index (χ4n) is 3.59. The first kappa shape index (κ1) is 13.5. The van der Waals surface area contributed by atoms with Crippen molar-refractivity contribution in [1.82, 2.24) is 20.4 Å². The van der Waals surface area contributed by atoms with Gasteiger partial charge in [0.05, 0.1) is 11.6 Å². The largest absolute Gasteiger partial charge is 0.337 e. The highest BCUT2D eigenvalue weighted by Gasteiger charge is 2.51. The third-order valence-electron chi connectivity index (χ3n) is 4.95. The Hall–Kier alpha value is -2.14. The highest BCUT2D eigenvalue weighted by atomic mass is 16.2. The Morgan fingerprint density at radius 2 is 1.91 bits per heavy atom. The molecule has 0 unspecified atom stereocenters. The van der Waals surface area contributed by atoms with Crippen LogP contribution >= 0.6 is 0 Å². The van der Waals surface area contributed by atoms with Gasteiger partial charge in [-0.2, -0.15) is 5.10 Å². The lowest BCUT2D eigenvalue weighted by Crippen LogP contribution is -2.63. The standard InChI is InChI=1S/C17H20N4O/c22-16-17(5-7-18-8-6-17)12-21(16)11-13-1-3-14(4-2-13)15-9-19-20-10-15/h1-4,9-10,18H,5-8,11-12H2,(H,19,20). The van der Waals surface area contributed by atoms with Crippen molar-refractivity contribution in [1.29, 1.82) is 0 Å². The molecule has 0 atom stereocenters. The summed E-state index contributed by atoms with van der Waals surface area (Å²) in [7, 11) is 0. The van der Waals surface area contributed by atoms with Gasteiger partial charge in [0, 0.05) is 24.8 Å². The van der Waals surface area contributed by atoms with Gasteiger partial charge in [-0.05, 0) is 37.1 Å². The molecule has 5 nitrogen and oxygen atoms in total. The molecule has 3 heterocycles. The minimum Gasteiger partial charge on any atom is -0.337 e. The van der Waals surface area contributed by atoms with Crippen LogP contribution < -0.4 is 5.32 Å². The van der Waals surface area contributed by atoms with Gasteiger partial charge in [0.1, 0.15) is 0 Å². The predicted molar refractivity (Wildman–Crippen MR) is 84.0 cm³/mol. The van der Waals surface area contributed by atoms with Crippen molar-refractivity contribution in [3.63, 3.8) is 0 Å². The number of H-pyrrole nitrogens is 1. The van der Waals surface area contributed by atoms with Crippen LogP contribution in [-0.2, 0) is 11.3 Å². The van der Waals surface area contributed by atoms with Crippen molar-refractivity contribution in [2.24, 2.45) is 5.41 Å². The number of hydrogen-bond acceptors (Lipinski definition) is 3. The monoisotopic (exact) mass is 296 g/mol. The molecule has 0 radical (unpaired) electrons. The Balaban J connectivity index is 1.41. The minimum atomic E-state index is -0.0536. The van der Waals surface area contributed by atoms with E-state index in [-0.39, 0.29) is 5.41 Å². The fraction of sp³-hybridized carbons (Fsp3) is 0.412. The van der Waals surface area contributed by atoms with E-state index in [0.717, 1.165) is 50.1 Å². The lowest BCUT2D eigenvalue weighted by Gasteiger charge is -2.51. The van der Waals surface area contributed by atoms with Crippen molar-refractivity contribution in [3.8, 4) is 11.1 Å². The van der Waals surface area contributed by atoms with Gasteiger partial charge in [-0.1, -0.05) is 24.3 Å². The highest BCUT2D eigenvalue weighted by Crippen LogP contribution is 2.40. The van der Waals surface area contributed by atoms with Crippen LogP contribution in [0.3, 0.4) is 0 Å². The Bertz CT molecular complexity index is 656. The molecule has 1 spiro atoms. The number of benzene rings is 1. The molecule has 2 saturated heterocycles. The molecule has 1 amide bonds. The number of piperidine rings is 1. The lowest BCUT2D eigenvalue weighted by molar-refractivity contribution is -0.164. The topological polar surface area (TPSA) is 61.0 Å². The van der Waals surface area contributed by atoms with E-state index in [4.69, 9.17) is 0 Å². The zero-order valence-electron chi connectivity index (χ0n) is 12.5. The van der Waals surface area contributed by atoms with Crippen LogP contribution in [-0.4, -0.2) is 40.6 Å². The summed E-state index contributed by atoms with van der Waals surface area (Å²) in [6.07, 6.45) is 5.67. The average Bonchev–Trinajstić information content (AvgIpc) is 3.10. The van der Waals surface area contributed by atoms with Gasteiger partial charge in [0.2, 0.25) is 5.91 Å². The molecule has 2 aromatic rings. The molecule has 22 heavy (non-hydrogen) atoms. The second kappa shape index (κ2) is 5.25. The Kier molecular flexibility index (Phi) is 3.22. The molecule has 1 aromatic heterocycles. The van der Waals surface area contributed by atoms with Crippen LogP contribution in [0.1, 0.15) is 18.4 Å². The molecule has 1 aromatic carbocycles. The SMILES string of the molecule is O=C1N(Cc2ccc(-c3cn[nH]c3)cc2)CC12CCNCC2. The Labute approximate surface area is 129 Å². The number of amides is 1. The van der Waals surface area contributed by atoms with E-state index in [1.807, 2.05) is 17.3 Å². The molecule has 5 heteroatoms. The first-order valence-electron chi connectivity index (χ1n) is 7.85. The van der Waals surface area contributed by atoms with E-state index >= 15 is 0 Å². The summed E-state index contributed by atoms with van der Waals surface area (Å²) in [4.78, 5) is 14.5. The van der Waals surface area contributed by atoms with Crippen molar-refractivity contribution >= 4 is 5.91 Å². The van der Waals surface area contributed by atoms with Gasteiger partial charge in [-0.25, -0.2) is 0 Å². The molecular weight excluding hydrogens is 276 g/mol. The zero-order valence-corrected chi connectivity index (χ0v) is 12.5. The van der Waals surface area contributed by atoms with E-state index in [2.05, 4.69) is 39.8 Å². The van der Waals surface area contributed by atoms with Crippen LogP contribution in [0.25, 0.3) is 11.1 Å². The first-order valence-corrected chi connectivity index (χ1v) is 7.85. The van der Waals surface area contributed by atoms with Crippen LogP contribution in [0, 0.1) is 5.41 Å². The molecule has 4 rings (SSSR count). The van der Waals surface area contributed by atoms with Gasteiger partial charge in [-0.3, -0.25) is 9.89 Å². The summed E-state index contributed by atoms with van der Waals surface area (Å²) in [6.45, 7) is 3.58. The minimum absolute atomic E-state index is 0.0536. The Morgan fingerprint density at radius 3 is 2.55 bits per heavy atom. The molecule has 0 aliphatic carbocycles. The fourth-order valence-corrected chi connectivity index (χ4v) is 3.59. The van der Waals surface area contributed by atoms with E-state index in [0.29, 0.717) is 5.91 Å². The molecule has 114 valence electrons. The summed E-state index contributed by atoms with van der Waals surface area (Å²) >= 11 is 0. The second-order valence-corrected chi connectivity index (χ2v) is 6.38. The first-order chi connectivity index (χ1) is 10.8. The van der Waals surface area contributed by atoms with Crippen LogP contribution in [0.15, 0.2) is 36.7 Å². The van der Waals surface area contributed by atoms with Crippen LogP contribution in [0.5, 0.6) is 0 Å². The summed E-state index contributed by atoms with van der Waals surface area (Å²) in [5.41, 5.74) is 3.36. The predicted octanol–water partition coefficient (Wildman–Crippen LogP) is 1.79. The number of hydrogen-bond donors (Lipinski definition) is 2. The summed E-state index contributed by atoms with van der Waals surface area (Å²) in [5.74, 6) is 0.341. The molecule has 2 N–H and O–H groups in total. The number of carbonyl (C=O) groups excluding carboxylic acids is 1. The molecule has 2 aliphatic rings. The number of aromatic nitrogens is 2. The molecule has 0 saturated carbocycles. The van der Waals surface area contributed by atoms with Gasteiger partial charge < -0.3 is 10.2 Å². The van der Waals surface area contributed by atoms with Gasteiger partial charge in [0.15, 0.2) is 0 Å². The number of carbonyl (C=O) groups is 1. The highest BCUT2D eigenvalue weighted by molar-refractivity contribution is 5.89. The molecule has 2 aliphatic heterocycles. The lowest BCUT2D eigenvalue weighted by atomic mass is 9.71. The number of β-lactam (4-membered cyclic amide) rings is 1. The Morgan fingerprint density at radius 1 is 1.14 bits per heavy atom. The van der Waals surface area contributed by atoms with Crippen molar-refractivity contribution in [3.05, 3.63) is 42.2 Å². The zero-order chi connectivity index (χ0) is 15.0. The van der Waals surface area contributed by atoms with Crippen molar-refractivity contribution in [2.75, 3.05) is 19.6 Å². The maximum absolute atomic E-state index is 12.5. The van der Waals surface area contributed by atoms with E-state index in [1.165, 1.54) is 5.56 Å². The number of likely N-dealkylation sites (tertiary alicyclic amines) is 1. The van der Waals surface area contributed by atoms with Crippen LogP contribution in [0.2, 0.25) is 0 Å². The number of rotatable bonds is 3. The van der Waals surface area contributed by atoms with Gasteiger partial charge in [0.25, 0.3) is 0 Å². The molecule has 2 fully saturated rings.